The number of amides is 2. The van der Waals surface area contributed by atoms with Gasteiger partial charge in [0.05, 0.1) is 22.0 Å². The highest BCUT2D eigenvalue weighted by Gasteiger charge is 2.31. The number of aryl methyl sites for hydroxylation is 1. The van der Waals surface area contributed by atoms with Crippen molar-refractivity contribution in [1.82, 2.24) is 14.8 Å². The van der Waals surface area contributed by atoms with E-state index in [4.69, 9.17) is 0 Å². The maximum atomic E-state index is 13.0. The quantitative estimate of drug-likeness (QED) is 0.527. The third-order valence-electron chi connectivity index (χ3n) is 6.76. The van der Waals surface area contributed by atoms with Crippen LogP contribution in [0.2, 0.25) is 0 Å². The molecule has 1 N–H and O–H groups in total. The van der Waals surface area contributed by atoms with E-state index in [1.807, 2.05) is 41.2 Å². The molecule has 0 saturated carbocycles. The minimum Gasteiger partial charge on any atom is -0.323 e. The zero-order valence-corrected chi connectivity index (χ0v) is 21.6. The van der Waals surface area contributed by atoms with Crippen LogP contribution in [0, 0.1) is 11.3 Å². The van der Waals surface area contributed by atoms with Crippen molar-refractivity contribution in [3.8, 4) is 10.7 Å². The molecule has 0 saturated heterocycles. The van der Waals surface area contributed by atoms with Gasteiger partial charge in [0.2, 0.25) is 11.8 Å². The number of nitrogens with one attached hydrogen (secondary N) is 1. The maximum absolute atomic E-state index is 13.0. The normalized spacial score (nSPS) is 17.8. The van der Waals surface area contributed by atoms with Crippen molar-refractivity contribution in [2.45, 2.75) is 45.2 Å². The molecule has 5 rings (SSSR count). The van der Waals surface area contributed by atoms with Gasteiger partial charge in [-0.1, -0.05) is 44.7 Å². The number of anilines is 2. The van der Waals surface area contributed by atoms with E-state index in [-0.39, 0.29) is 24.1 Å². The molecule has 0 bridgehead atoms. The van der Waals surface area contributed by atoms with E-state index in [0.29, 0.717) is 22.2 Å². The molecule has 2 amide bonds. The molecule has 1 unspecified atom stereocenters. The molecule has 34 heavy (non-hydrogen) atoms. The van der Waals surface area contributed by atoms with Crippen LogP contribution in [0.1, 0.15) is 37.6 Å². The number of carbonyl (C=O) groups excluding carboxylic acids is 2. The second-order valence-corrected chi connectivity index (χ2v) is 12.1. The molecular weight excluding hydrogens is 466 g/mol. The van der Waals surface area contributed by atoms with Crippen LogP contribution in [0.4, 0.5) is 11.4 Å². The monoisotopic (exact) mass is 495 g/mol. The van der Waals surface area contributed by atoms with Gasteiger partial charge in [-0.25, -0.2) is 0 Å². The van der Waals surface area contributed by atoms with Gasteiger partial charge in [0, 0.05) is 11.9 Å². The molecule has 1 aliphatic carbocycles. The highest BCUT2D eigenvalue weighted by Crippen LogP contribution is 2.42. The van der Waals surface area contributed by atoms with Crippen molar-refractivity contribution in [2.75, 3.05) is 22.5 Å². The summed E-state index contributed by atoms with van der Waals surface area (Å²) in [6.45, 7) is 7.02. The number of fused-ring (bicyclic) bond motifs is 2. The highest BCUT2D eigenvalue weighted by molar-refractivity contribution is 7.99. The van der Waals surface area contributed by atoms with Crippen molar-refractivity contribution >= 4 is 46.3 Å². The lowest BCUT2D eigenvalue weighted by Crippen LogP contribution is -2.43. The molecule has 9 heteroatoms. The van der Waals surface area contributed by atoms with E-state index in [1.165, 1.54) is 33.5 Å². The molecule has 0 fully saturated rings. The summed E-state index contributed by atoms with van der Waals surface area (Å²) in [6.07, 6.45) is 3.48. The SMILES string of the molecule is Cn1c(SCC(=O)N2CC(=O)Nc3ccccc32)nnc1-c1cc2c(s1)CCC(C(C)(C)C)C2. The Morgan fingerprint density at radius 2 is 2.06 bits per heavy atom. The smallest absolute Gasteiger partial charge is 0.244 e. The Morgan fingerprint density at radius 3 is 2.85 bits per heavy atom. The van der Waals surface area contributed by atoms with E-state index < -0.39 is 0 Å². The Morgan fingerprint density at radius 1 is 1.26 bits per heavy atom. The number of para-hydroxylation sites is 2. The summed E-state index contributed by atoms with van der Waals surface area (Å²) >= 11 is 3.17. The lowest BCUT2D eigenvalue weighted by atomic mass is 9.72. The fraction of sp³-hybridized carbons (Fsp3) is 0.440. The van der Waals surface area contributed by atoms with E-state index >= 15 is 0 Å². The van der Waals surface area contributed by atoms with Crippen LogP contribution >= 0.6 is 23.1 Å². The largest absolute Gasteiger partial charge is 0.323 e. The van der Waals surface area contributed by atoms with Gasteiger partial charge in [-0.05, 0) is 54.4 Å². The predicted molar refractivity (Wildman–Crippen MR) is 137 cm³/mol. The number of carbonyl (C=O) groups is 2. The molecule has 1 aromatic carbocycles. The second-order valence-electron chi connectivity index (χ2n) is 10.1. The minimum absolute atomic E-state index is 0.0246. The molecule has 1 aliphatic heterocycles. The van der Waals surface area contributed by atoms with Crippen LogP contribution in [0.15, 0.2) is 35.5 Å². The number of benzene rings is 1. The fourth-order valence-electron chi connectivity index (χ4n) is 4.69. The summed E-state index contributed by atoms with van der Waals surface area (Å²) in [7, 11) is 1.95. The van der Waals surface area contributed by atoms with E-state index in [2.05, 4.69) is 42.4 Å². The number of rotatable bonds is 4. The second kappa shape index (κ2) is 8.85. The molecule has 178 valence electrons. The van der Waals surface area contributed by atoms with E-state index in [0.717, 1.165) is 29.2 Å². The Bertz CT molecular complexity index is 1260. The van der Waals surface area contributed by atoms with Crippen LogP contribution in [-0.4, -0.2) is 38.9 Å². The van der Waals surface area contributed by atoms with Crippen molar-refractivity contribution < 1.29 is 9.59 Å². The summed E-state index contributed by atoms with van der Waals surface area (Å²) in [5, 5.41) is 12.3. The summed E-state index contributed by atoms with van der Waals surface area (Å²) in [4.78, 5) is 29.2. The predicted octanol–water partition coefficient (Wildman–Crippen LogP) is 4.77. The topological polar surface area (TPSA) is 80.1 Å². The minimum atomic E-state index is -0.187. The lowest BCUT2D eigenvalue weighted by molar-refractivity contribution is -0.120. The molecule has 3 heterocycles. The lowest BCUT2D eigenvalue weighted by Gasteiger charge is -2.33. The molecular formula is C25H29N5O2S2. The number of nitrogens with zero attached hydrogens (tertiary/aromatic N) is 4. The Labute approximate surface area is 208 Å². The van der Waals surface area contributed by atoms with Crippen molar-refractivity contribution in [3.05, 3.63) is 40.8 Å². The summed E-state index contributed by atoms with van der Waals surface area (Å²) in [5.41, 5.74) is 3.15. The van der Waals surface area contributed by atoms with Gasteiger partial charge >= 0.3 is 0 Å². The zero-order chi connectivity index (χ0) is 24.0. The molecule has 7 nitrogen and oxygen atoms in total. The fourth-order valence-corrected chi connectivity index (χ4v) is 6.70. The van der Waals surface area contributed by atoms with E-state index in [9.17, 15) is 9.59 Å². The van der Waals surface area contributed by atoms with Crippen LogP contribution in [0.25, 0.3) is 10.7 Å². The number of thioether (sulfide) groups is 1. The average molecular weight is 496 g/mol. The molecule has 2 aliphatic rings. The first kappa shape index (κ1) is 23.1. The number of aromatic nitrogens is 3. The standard InChI is InChI=1S/C25H29N5O2S2/c1-25(2,3)16-9-10-19-15(11-16)12-20(34-19)23-27-28-24(29(23)4)33-14-22(32)30-13-21(31)26-17-7-5-6-8-18(17)30/h5-8,12,16H,9-11,13-14H2,1-4H3,(H,26,31). The van der Waals surface area contributed by atoms with Crippen LogP contribution in [-0.2, 0) is 29.5 Å². The van der Waals surface area contributed by atoms with E-state index in [1.54, 1.807) is 6.07 Å². The van der Waals surface area contributed by atoms with Crippen molar-refractivity contribution in [1.29, 1.82) is 0 Å². The Hall–Kier alpha value is -2.65. The first-order valence-electron chi connectivity index (χ1n) is 11.5. The van der Waals surface area contributed by atoms with Gasteiger partial charge in [-0.3, -0.25) is 9.59 Å². The van der Waals surface area contributed by atoms with Crippen LogP contribution in [0.3, 0.4) is 0 Å². The summed E-state index contributed by atoms with van der Waals surface area (Å²) < 4.78 is 1.97. The van der Waals surface area contributed by atoms with Gasteiger partial charge in [0.1, 0.15) is 6.54 Å². The Balaban J connectivity index is 1.29. The van der Waals surface area contributed by atoms with Crippen LogP contribution < -0.4 is 10.2 Å². The van der Waals surface area contributed by atoms with Gasteiger partial charge < -0.3 is 14.8 Å². The highest BCUT2D eigenvalue weighted by atomic mass is 32.2. The molecule has 2 aromatic heterocycles. The summed E-state index contributed by atoms with van der Waals surface area (Å²) in [6, 6.07) is 9.64. The molecule has 3 aromatic rings. The van der Waals surface area contributed by atoms with Crippen molar-refractivity contribution in [3.63, 3.8) is 0 Å². The molecule has 0 spiro atoms. The van der Waals surface area contributed by atoms with Gasteiger partial charge in [0.25, 0.3) is 0 Å². The molecule has 0 radical (unpaired) electrons. The number of thiophene rings is 1. The molecule has 1 atom stereocenters. The van der Waals surface area contributed by atoms with Crippen LogP contribution in [0.5, 0.6) is 0 Å². The third-order valence-corrected chi connectivity index (χ3v) is 9.00. The summed E-state index contributed by atoms with van der Waals surface area (Å²) in [5.74, 6) is 1.40. The first-order valence-corrected chi connectivity index (χ1v) is 13.3. The maximum Gasteiger partial charge on any atom is 0.244 e. The van der Waals surface area contributed by atoms with Crippen molar-refractivity contribution in [2.24, 2.45) is 18.4 Å². The number of hydrogen-bond acceptors (Lipinski definition) is 6. The van der Waals surface area contributed by atoms with Gasteiger partial charge in [-0.2, -0.15) is 0 Å². The zero-order valence-electron chi connectivity index (χ0n) is 19.9. The van der Waals surface area contributed by atoms with Gasteiger partial charge in [0.15, 0.2) is 11.0 Å². The Kier molecular flexibility index (Phi) is 6.02. The number of hydrogen-bond donors (Lipinski definition) is 1. The third kappa shape index (κ3) is 4.38. The average Bonchev–Trinajstić information content (AvgIpc) is 3.38. The first-order chi connectivity index (χ1) is 16.2. The van der Waals surface area contributed by atoms with Gasteiger partial charge in [-0.15, -0.1) is 21.5 Å².